The highest BCUT2D eigenvalue weighted by molar-refractivity contribution is 7.61. The minimum Gasteiger partial charge on any atom is -0.491 e. The van der Waals surface area contributed by atoms with Gasteiger partial charge in [-0.05, 0) is 87.1 Å². The molecule has 0 saturated heterocycles. The van der Waals surface area contributed by atoms with Crippen LogP contribution in [0.25, 0.3) is 11.1 Å². The van der Waals surface area contributed by atoms with Crippen molar-refractivity contribution in [2.45, 2.75) is 64.1 Å². The maximum atomic E-state index is 15.4. The molecule has 1 unspecified atom stereocenters. The summed E-state index contributed by atoms with van der Waals surface area (Å²) < 4.78 is 86.2. The zero-order chi connectivity index (χ0) is 23.8. The summed E-state index contributed by atoms with van der Waals surface area (Å²) in [7, 11) is -3.79. The molecule has 0 bridgehead atoms. The third kappa shape index (κ3) is 4.51. The van der Waals surface area contributed by atoms with Crippen LogP contribution in [0, 0.1) is 17.6 Å². The van der Waals surface area contributed by atoms with Gasteiger partial charge in [0, 0.05) is 6.61 Å². The fraction of sp³-hybridized carbons (Fsp3) is 0.520. The lowest BCUT2D eigenvalue weighted by Gasteiger charge is -2.32. The van der Waals surface area contributed by atoms with E-state index in [1.807, 2.05) is 6.92 Å². The highest BCUT2D eigenvalue weighted by Gasteiger charge is 2.53. The molecule has 0 spiro atoms. The van der Waals surface area contributed by atoms with E-state index in [1.165, 1.54) is 24.3 Å². The molecule has 2 nitrogen and oxygen atoms in total. The number of halogens is 5. The van der Waals surface area contributed by atoms with Crippen LogP contribution in [0.15, 0.2) is 24.3 Å². The number of hydrogen-bond donors (Lipinski definition) is 0. The maximum absolute atomic E-state index is 15.4. The molecule has 180 valence electrons. The smallest absolute Gasteiger partial charge is 0.326 e. The zero-order valence-corrected chi connectivity index (χ0v) is 19.7. The average Bonchev–Trinajstić information content (AvgIpc) is 2.79. The van der Waals surface area contributed by atoms with Crippen LogP contribution in [0.3, 0.4) is 0 Å². The van der Waals surface area contributed by atoms with Gasteiger partial charge >= 0.3 is 5.66 Å². The Balaban J connectivity index is 1.61. The highest BCUT2D eigenvalue weighted by Crippen LogP contribution is 2.65. The van der Waals surface area contributed by atoms with Gasteiger partial charge in [-0.15, -0.1) is 0 Å². The molecule has 8 heteroatoms. The Labute approximate surface area is 192 Å². The Kier molecular flexibility index (Phi) is 7.30. The number of rotatable bonds is 7. The van der Waals surface area contributed by atoms with E-state index in [0.717, 1.165) is 25.7 Å². The summed E-state index contributed by atoms with van der Waals surface area (Å²) in [4.78, 5) is 0. The van der Waals surface area contributed by atoms with Crippen molar-refractivity contribution in [1.82, 2.24) is 0 Å². The number of benzene rings is 2. The quantitative estimate of drug-likeness (QED) is 0.296. The van der Waals surface area contributed by atoms with Crippen molar-refractivity contribution < 1.29 is 31.2 Å². The Bertz CT molecular complexity index is 1000. The lowest BCUT2D eigenvalue weighted by atomic mass is 9.83. The molecule has 1 atom stereocenters. The normalized spacial score (nSPS) is 23.7. The van der Waals surface area contributed by atoms with E-state index in [0.29, 0.717) is 25.4 Å². The second-order valence-electron chi connectivity index (χ2n) is 8.63. The van der Waals surface area contributed by atoms with E-state index >= 15 is 17.4 Å². The van der Waals surface area contributed by atoms with Gasteiger partial charge in [0.15, 0.2) is 19.8 Å². The number of ether oxygens (including phenoxy) is 2. The van der Waals surface area contributed by atoms with E-state index in [4.69, 9.17) is 9.47 Å². The third-order valence-electron chi connectivity index (χ3n) is 6.65. The van der Waals surface area contributed by atoms with Crippen LogP contribution < -0.4 is 10.0 Å². The van der Waals surface area contributed by atoms with Gasteiger partial charge in [0.2, 0.25) is 0 Å². The van der Waals surface area contributed by atoms with Crippen molar-refractivity contribution in [3.63, 3.8) is 0 Å². The molecular weight excluding hydrogens is 458 g/mol. The molecule has 1 saturated carbocycles. The first-order valence-electron chi connectivity index (χ1n) is 11.5. The van der Waals surface area contributed by atoms with Gasteiger partial charge in [-0.25, -0.2) is 13.0 Å². The Morgan fingerprint density at radius 1 is 0.939 bits per heavy atom. The minimum atomic E-state index is -4.13. The lowest BCUT2D eigenvalue weighted by Crippen LogP contribution is -2.28. The predicted octanol–water partition coefficient (Wildman–Crippen LogP) is 7.61. The predicted molar refractivity (Wildman–Crippen MR) is 120 cm³/mol. The van der Waals surface area contributed by atoms with Gasteiger partial charge in [-0.3, -0.25) is 0 Å². The monoisotopic (exact) mass is 486 g/mol. The van der Waals surface area contributed by atoms with E-state index in [2.05, 4.69) is 0 Å². The summed E-state index contributed by atoms with van der Waals surface area (Å²) >= 11 is 0. The number of alkyl halides is 2. The molecule has 1 aliphatic heterocycles. The van der Waals surface area contributed by atoms with Crippen LogP contribution >= 0.6 is 8.23 Å². The summed E-state index contributed by atoms with van der Waals surface area (Å²) in [6.45, 7) is 4.37. The molecule has 1 aliphatic carbocycles. The summed E-state index contributed by atoms with van der Waals surface area (Å²) in [6, 6.07) is 5.45. The van der Waals surface area contributed by atoms with Gasteiger partial charge < -0.3 is 9.47 Å². The van der Waals surface area contributed by atoms with Crippen molar-refractivity contribution >= 4 is 13.5 Å². The molecule has 33 heavy (non-hydrogen) atoms. The van der Waals surface area contributed by atoms with E-state index < -0.39 is 36.4 Å². The zero-order valence-electron chi connectivity index (χ0n) is 18.8. The highest BCUT2D eigenvalue weighted by atomic mass is 31.2. The lowest BCUT2D eigenvalue weighted by molar-refractivity contribution is 0.0248. The first-order valence-corrected chi connectivity index (χ1v) is 12.8. The van der Waals surface area contributed by atoms with Gasteiger partial charge in [-0.1, -0.05) is 12.1 Å². The van der Waals surface area contributed by atoms with Gasteiger partial charge in [0.25, 0.3) is 0 Å². The van der Waals surface area contributed by atoms with Crippen LogP contribution in [-0.2, 0) is 16.8 Å². The standard InChI is InChI=1S/C25H28F5O2P/c1-3-31-17-10-6-15(7-11-17)5-8-16-9-12-18-19-13-14-20(32-4-2)23(27)24(19)33(30)25(28,29)21(18)22(16)26/h9,12-15,17H,3-8,10-11H2,1-2H3. The topological polar surface area (TPSA) is 18.5 Å². The molecule has 2 aromatic carbocycles. The summed E-state index contributed by atoms with van der Waals surface area (Å²) in [5.74, 6) is -2.12. The number of aryl methyl sites for hydroxylation is 1. The number of hydrogen-bond acceptors (Lipinski definition) is 2. The van der Waals surface area contributed by atoms with Crippen LogP contribution in [-0.4, -0.2) is 19.3 Å². The third-order valence-corrected chi connectivity index (χ3v) is 8.20. The molecule has 1 fully saturated rings. The number of fused-ring (bicyclic) bond motifs is 3. The SMILES string of the molecule is CCOc1ccc2c(c1F)P(F)C(F)(F)c1c-2ccc(CCC2CCC(OCC)CC2)c1F. The van der Waals surface area contributed by atoms with Gasteiger partial charge in [-0.2, -0.15) is 8.78 Å². The summed E-state index contributed by atoms with van der Waals surface area (Å²) in [5, 5.41) is -0.716. The molecule has 0 aromatic heterocycles. The second kappa shape index (κ2) is 9.87. The first-order chi connectivity index (χ1) is 15.8. The molecule has 1 heterocycles. The summed E-state index contributed by atoms with van der Waals surface area (Å²) in [6.07, 6.45) is 5.04. The molecule has 2 aliphatic rings. The average molecular weight is 486 g/mol. The van der Waals surface area contributed by atoms with Crippen LogP contribution in [0.1, 0.15) is 57.1 Å². The van der Waals surface area contributed by atoms with Crippen molar-refractivity contribution in [2.24, 2.45) is 5.92 Å². The Morgan fingerprint density at radius 3 is 2.30 bits per heavy atom. The van der Waals surface area contributed by atoms with Gasteiger partial charge in [0.1, 0.15) is 5.82 Å². The molecule has 4 rings (SSSR count). The van der Waals surface area contributed by atoms with E-state index in [9.17, 15) is 4.39 Å². The van der Waals surface area contributed by atoms with Crippen LogP contribution in [0.4, 0.5) is 21.8 Å². The van der Waals surface area contributed by atoms with Gasteiger partial charge in [0.05, 0.1) is 23.6 Å². The van der Waals surface area contributed by atoms with Crippen molar-refractivity contribution in [3.8, 4) is 16.9 Å². The molecule has 0 N–H and O–H groups in total. The largest absolute Gasteiger partial charge is 0.491 e. The van der Waals surface area contributed by atoms with Crippen LogP contribution in [0.2, 0.25) is 0 Å². The molecular formula is C25H28F5O2P. The maximum Gasteiger partial charge on any atom is 0.326 e. The van der Waals surface area contributed by atoms with Crippen molar-refractivity contribution in [2.75, 3.05) is 13.2 Å². The fourth-order valence-corrected chi connectivity index (χ4v) is 6.36. The second-order valence-corrected chi connectivity index (χ2v) is 10.2. The molecule has 0 radical (unpaired) electrons. The van der Waals surface area contributed by atoms with E-state index in [-0.39, 0.29) is 35.2 Å². The Hall–Kier alpha value is -1.72. The van der Waals surface area contributed by atoms with Crippen molar-refractivity contribution in [3.05, 3.63) is 47.0 Å². The Morgan fingerprint density at radius 2 is 1.64 bits per heavy atom. The first kappa shape index (κ1) is 24.4. The molecule has 0 amide bonds. The van der Waals surface area contributed by atoms with Crippen molar-refractivity contribution in [1.29, 1.82) is 0 Å². The minimum absolute atomic E-state index is 0.0369. The molecule has 2 aromatic rings. The summed E-state index contributed by atoms with van der Waals surface area (Å²) in [5.41, 5.74) is -5.13. The fourth-order valence-electron chi connectivity index (χ4n) is 4.97. The van der Waals surface area contributed by atoms with Crippen LogP contribution in [0.5, 0.6) is 5.75 Å². The van der Waals surface area contributed by atoms with E-state index in [1.54, 1.807) is 6.92 Å².